The molecule has 0 unspecified atom stereocenters. The summed E-state index contributed by atoms with van der Waals surface area (Å²) in [5.74, 6) is 1.34. The van der Waals surface area contributed by atoms with E-state index in [0.717, 1.165) is 29.0 Å². The second-order valence-electron chi connectivity index (χ2n) is 7.31. The van der Waals surface area contributed by atoms with Gasteiger partial charge < -0.3 is 14.4 Å². The number of likely N-dealkylation sites (N-methyl/N-ethyl adjacent to an activating group) is 1. The number of carbonyl (C=O) groups is 1. The van der Waals surface area contributed by atoms with Crippen LogP contribution in [0.3, 0.4) is 0 Å². The molecule has 0 aliphatic rings. The van der Waals surface area contributed by atoms with Crippen molar-refractivity contribution in [3.8, 4) is 22.6 Å². The maximum atomic E-state index is 12.6. The molecule has 3 aromatic rings. The first kappa shape index (κ1) is 22.6. The van der Waals surface area contributed by atoms with Crippen LogP contribution in [0.1, 0.15) is 15.9 Å². The van der Waals surface area contributed by atoms with Crippen molar-refractivity contribution < 1.29 is 14.3 Å². The fraction of sp³-hybridized carbons (Fsp3) is 0.192. The van der Waals surface area contributed by atoms with Crippen molar-refractivity contribution in [1.82, 2.24) is 4.90 Å². The second-order valence-corrected chi connectivity index (χ2v) is 7.72. The molecule has 3 aromatic carbocycles. The summed E-state index contributed by atoms with van der Waals surface area (Å²) in [4.78, 5) is 14.7. The summed E-state index contributed by atoms with van der Waals surface area (Å²) < 4.78 is 11.1. The Balaban J connectivity index is 1.89. The number of ether oxygens (including phenoxy) is 2. The highest BCUT2D eigenvalue weighted by molar-refractivity contribution is 6.33. The predicted molar refractivity (Wildman–Crippen MR) is 127 cm³/mol. The van der Waals surface area contributed by atoms with Gasteiger partial charge in [0.05, 0.1) is 7.11 Å². The van der Waals surface area contributed by atoms with Crippen molar-refractivity contribution in [3.63, 3.8) is 0 Å². The van der Waals surface area contributed by atoms with Gasteiger partial charge in [0.25, 0.3) is 0 Å². The maximum absolute atomic E-state index is 12.6. The molecule has 0 spiro atoms. The van der Waals surface area contributed by atoms with Gasteiger partial charge in [-0.05, 0) is 74.3 Å². The Kier molecular flexibility index (Phi) is 7.88. The van der Waals surface area contributed by atoms with Gasteiger partial charge in [0, 0.05) is 28.3 Å². The van der Waals surface area contributed by atoms with Crippen LogP contribution in [0.4, 0.5) is 0 Å². The van der Waals surface area contributed by atoms with E-state index in [-0.39, 0.29) is 5.78 Å². The second kappa shape index (κ2) is 10.8. The molecule has 0 bridgehead atoms. The van der Waals surface area contributed by atoms with Crippen molar-refractivity contribution >= 4 is 23.5 Å². The summed E-state index contributed by atoms with van der Waals surface area (Å²) in [6.07, 6.45) is 3.35. The molecular weight excluding hydrogens is 410 g/mol. The molecule has 0 amide bonds. The summed E-state index contributed by atoms with van der Waals surface area (Å²) in [6, 6.07) is 20.6. The number of nitrogens with zero attached hydrogens (tertiary/aromatic N) is 1. The lowest BCUT2D eigenvalue weighted by Crippen LogP contribution is -2.19. The molecule has 0 aliphatic carbocycles. The van der Waals surface area contributed by atoms with Crippen molar-refractivity contribution in [2.75, 3.05) is 34.4 Å². The molecule has 0 radical (unpaired) electrons. The Labute approximate surface area is 188 Å². The van der Waals surface area contributed by atoms with E-state index in [1.807, 2.05) is 56.6 Å². The Bertz CT molecular complexity index is 1060. The van der Waals surface area contributed by atoms with Gasteiger partial charge in [-0.15, -0.1) is 0 Å². The minimum atomic E-state index is -0.0926. The number of benzene rings is 3. The summed E-state index contributed by atoms with van der Waals surface area (Å²) in [5, 5.41) is 0.674. The van der Waals surface area contributed by atoms with Gasteiger partial charge in [0.15, 0.2) is 5.78 Å². The Morgan fingerprint density at radius 2 is 1.77 bits per heavy atom. The number of ketones is 1. The van der Waals surface area contributed by atoms with Crippen LogP contribution >= 0.6 is 11.6 Å². The van der Waals surface area contributed by atoms with E-state index in [1.165, 1.54) is 0 Å². The molecule has 0 atom stereocenters. The Morgan fingerprint density at radius 1 is 1.03 bits per heavy atom. The van der Waals surface area contributed by atoms with Crippen LogP contribution in [0.5, 0.6) is 11.5 Å². The van der Waals surface area contributed by atoms with E-state index in [4.69, 9.17) is 21.1 Å². The smallest absolute Gasteiger partial charge is 0.185 e. The third kappa shape index (κ3) is 6.20. The monoisotopic (exact) mass is 435 g/mol. The van der Waals surface area contributed by atoms with E-state index >= 15 is 0 Å². The van der Waals surface area contributed by atoms with E-state index < -0.39 is 0 Å². The SMILES string of the molecule is COc1ccc(C(=O)C=Cc2cc(-c3ccccc3Cl)ccc2OCCN(C)C)cc1. The van der Waals surface area contributed by atoms with Gasteiger partial charge in [-0.25, -0.2) is 0 Å². The normalized spacial score (nSPS) is 11.1. The first-order valence-corrected chi connectivity index (χ1v) is 10.4. The molecule has 0 N–H and O–H groups in total. The molecule has 0 aromatic heterocycles. The number of allylic oxidation sites excluding steroid dienone is 1. The number of methoxy groups -OCH3 is 1. The van der Waals surface area contributed by atoms with Crippen LogP contribution in [0.2, 0.25) is 5.02 Å². The molecule has 31 heavy (non-hydrogen) atoms. The summed E-state index contributed by atoms with van der Waals surface area (Å²) in [5.41, 5.74) is 3.30. The quantitative estimate of drug-likeness (QED) is 0.312. The highest BCUT2D eigenvalue weighted by Gasteiger charge is 2.09. The van der Waals surface area contributed by atoms with Crippen LogP contribution in [0.15, 0.2) is 72.8 Å². The highest BCUT2D eigenvalue weighted by atomic mass is 35.5. The summed E-state index contributed by atoms with van der Waals surface area (Å²) in [7, 11) is 5.59. The number of carbonyl (C=O) groups excluding carboxylic acids is 1. The number of hydrogen-bond acceptors (Lipinski definition) is 4. The van der Waals surface area contributed by atoms with E-state index in [2.05, 4.69) is 4.90 Å². The molecule has 0 aliphatic heterocycles. The lowest BCUT2D eigenvalue weighted by Gasteiger charge is -2.14. The van der Waals surface area contributed by atoms with Crippen LogP contribution in [0.25, 0.3) is 17.2 Å². The zero-order valence-electron chi connectivity index (χ0n) is 18.0. The van der Waals surface area contributed by atoms with Gasteiger partial charge in [-0.2, -0.15) is 0 Å². The topological polar surface area (TPSA) is 38.8 Å². The van der Waals surface area contributed by atoms with E-state index in [1.54, 1.807) is 43.5 Å². The Morgan fingerprint density at radius 3 is 2.45 bits per heavy atom. The molecule has 160 valence electrons. The zero-order valence-corrected chi connectivity index (χ0v) is 18.7. The lowest BCUT2D eigenvalue weighted by molar-refractivity contribution is 0.104. The maximum Gasteiger partial charge on any atom is 0.185 e. The minimum Gasteiger partial charge on any atom is -0.497 e. The fourth-order valence-corrected chi connectivity index (χ4v) is 3.27. The first-order valence-electron chi connectivity index (χ1n) is 10.0. The minimum absolute atomic E-state index is 0.0926. The highest BCUT2D eigenvalue weighted by Crippen LogP contribution is 2.32. The van der Waals surface area contributed by atoms with Crippen LogP contribution in [0, 0.1) is 0 Å². The van der Waals surface area contributed by atoms with Gasteiger partial charge in [-0.3, -0.25) is 4.79 Å². The molecule has 0 saturated heterocycles. The average molecular weight is 436 g/mol. The average Bonchev–Trinajstić information content (AvgIpc) is 2.78. The summed E-state index contributed by atoms with van der Waals surface area (Å²) >= 11 is 6.38. The van der Waals surface area contributed by atoms with Crippen LogP contribution in [-0.4, -0.2) is 45.0 Å². The van der Waals surface area contributed by atoms with Crippen molar-refractivity contribution in [1.29, 1.82) is 0 Å². The molecular formula is C26H26ClNO3. The number of halogens is 1. The van der Waals surface area contributed by atoms with Gasteiger partial charge in [-0.1, -0.05) is 35.9 Å². The van der Waals surface area contributed by atoms with E-state index in [9.17, 15) is 4.79 Å². The van der Waals surface area contributed by atoms with E-state index in [0.29, 0.717) is 22.9 Å². The van der Waals surface area contributed by atoms with Crippen molar-refractivity contribution in [2.45, 2.75) is 0 Å². The van der Waals surface area contributed by atoms with Gasteiger partial charge in [0.1, 0.15) is 18.1 Å². The molecule has 0 saturated carbocycles. The molecule has 5 heteroatoms. The standard InChI is InChI=1S/C26H26ClNO3/c1-28(2)16-17-31-26-15-11-20(23-6-4-5-7-24(23)27)18-21(26)10-14-25(29)19-8-12-22(30-3)13-9-19/h4-15,18H,16-17H2,1-3H3. The van der Waals surface area contributed by atoms with Crippen molar-refractivity contribution in [2.24, 2.45) is 0 Å². The zero-order chi connectivity index (χ0) is 22.2. The first-order chi connectivity index (χ1) is 15.0. The number of rotatable bonds is 9. The van der Waals surface area contributed by atoms with Crippen LogP contribution < -0.4 is 9.47 Å². The predicted octanol–water partition coefficient (Wildman–Crippen LogP) is 5.85. The molecule has 3 rings (SSSR count). The largest absolute Gasteiger partial charge is 0.497 e. The lowest BCUT2D eigenvalue weighted by atomic mass is 10.0. The van der Waals surface area contributed by atoms with Crippen LogP contribution in [-0.2, 0) is 0 Å². The van der Waals surface area contributed by atoms with Crippen molar-refractivity contribution in [3.05, 3.63) is 89.0 Å². The molecule has 0 heterocycles. The third-order valence-corrected chi connectivity index (χ3v) is 5.11. The number of hydrogen-bond donors (Lipinski definition) is 0. The third-order valence-electron chi connectivity index (χ3n) is 4.78. The van der Waals surface area contributed by atoms with Gasteiger partial charge >= 0.3 is 0 Å². The molecule has 4 nitrogen and oxygen atoms in total. The molecule has 0 fully saturated rings. The van der Waals surface area contributed by atoms with Gasteiger partial charge in [0.2, 0.25) is 0 Å². The summed E-state index contributed by atoms with van der Waals surface area (Å²) in [6.45, 7) is 1.34. The fourth-order valence-electron chi connectivity index (χ4n) is 3.03. The Hall–Kier alpha value is -3.08.